The Kier molecular flexibility index (Phi) is 6.99. The average molecular weight is 419 g/mol. The first-order valence-corrected chi connectivity index (χ1v) is 10.9. The van der Waals surface area contributed by atoms with Crippen LogP contribution in [0.15, 0.2) is 67.0 Å². The number of benzene rings is 2. The van der Waals surface area contributed by atoms with Crippen molar-refractivity contribution in [1.82, 2.24) is 19.8 Å². The Labute approximate surface area is 183 Å². The fourth-order valence-corrected chi connectivity index (χ4v) is 4.02. The molecule has 1 atom stereocenters. The number of hydrogen-bond acceptors (Lipinski definition) is 4. The van der Waals surface area contributed by atoms with Gasteiger partial charge in [-0.3, -0.25) is 9.69 Å². The number of amides is 1. The molecule has 0 spiro atoms. The van der Waals surface area contributed by atoms with E-state index in [4.69, 9.17) is 4.74 Å². The van der Waals surface area contributed by atoms with Crippen LogP contribution in [0.5, 0.6) is 5.75 Å². The van der Waals surface area contributed by atoms with E-state index in [1.54, 1.807) is 6.20 Å². The molecule has 2 aromatic carbocycles. The molecular formula is C25H30N4O2. The van der Waals surface area contributed by atoms with Crippen LogP contribution in [0.4, 0.5) is 0 Å². The molecule has 1 N–H and O–H groups in total. The summed E-state index contributed by atoms with van der Waals surface area (Å²) in [6, 6.07) is 18.2. The van der Waals surface area contributed by atoms with Crippen molar-refractivity contribution >= 4 is 5.91 Å². The lowest BCUT2D eigenvalue weighted by molar-refractivity contribution is 0.0907. The van der Waals surface area contributed by atoms with Crippen LogP contribution in [-0.2, 0) is 20.2 Å². The number of imidazole rings is 1. The number of carbonyl (C=O) groups excluding carboxylic acids is 1. The molecule has 0 aliphatic carbocycles. The molecule has 162 valence electrons. The topological polar surface area (TPSA) is 59.4 Å². The molecule has 1 unspecified atom stereocenters. The van der Waals surface area contributed by atoms with Gasteiger partial charge in [0.1, 0.15) is 18.2 Å². The quantitative estimate of drug-likeness (QED) is 0.605. The van der Waals surface area contributed by atoms with Crippen molar-refractivity contribution in [2.24, 2.45) is 7.05 Å². The number of nitrogens with one attached hydrogen (secondary N) is 1. The third-order valence-electron chi connectivity index (χ3n) is 5.88. The number of likely N-dealkylation sites (tertiary alicyclic amines) is 1. The molecule has 6 heteroatoms. The normalized spacial score (nSPS) is 16.7. The lowest BCUT2D eigenvalue weighted by atomic mass is 10.0. The molecular weight excluding hydrogens is 388 g/mol. The fourth-order valence-electron chi connectivity index (χ4n) is 4.02. The third kappa shape index (κ3) is 5.73. The highest BCUT2D eigenvalue weighted by Gasteiger charge is 2.23. The zero-order chi connectivity index (χ0) is 21.5. The van der Waals surface area contributed by atoms with Crippen LogP contribution in [0.25, 0.3) is 0 Å². The zero-order valence-electron chi connectivity index (χ0n) is 18.0. The highest BCUT2D eigenvalue weighted by atomic mass is 16.5. The minimum absolute atomic E-state index is 0.0408. The Morgan fingerprint density at radius 1 is 1.13 bits per heavy atom. The van der Waals surface area contributed by atoms with E-state index in [0.717, 1.165) is 31.1 Å². The molecule has 0 bridgehead atoms. The van der Waals surface area contributed by atoms with Gasteiger partial charge in [-0.05, 0) is 49.2 Å². The second kappa shape index (κ2) is 10.3. The first-order valence-electron chi connectivity index (χ1n) is 10.9. The van der Waals surface area contributed by atoms with E-state index in [1.807, 2.05) is 48.1 Å². The number of rotatable bonds is 8. The summed E-state index contributed by atoms with van der Waals surface area (Å²) in [5, 5.41) is 3.13. The van der Waals surface area contributed by atoms with Gasteiger partial charge in [0.05, 0.1) is 0 Å². The molecule has 1 amide bonds. The number of carbonyl (C=O) groups is 1. The summed E-state index contributed by atoms with van der Waals surface area (Å²) < 4.78 is 7.69. The molecule has 6 nitrogen and oxygen atoms in total. The van der Waals surface area contributed by atoms with Crippen LogP contribution in [0.1, 0.15) is 41.0 Å². The van der Waals surface area contributed by atoms with Gasteiger partial charge in [-0.2, -0.15) is 0 Å². The van der Waals surface area contributed by atoms with E-state index in [0.29, 0.717) is 24.8 Å². The molecule has 31 heavy (non-hydrogen) atoms. The summed E-state index contributed by atoms with van der Waals surface area (Å²) in [4.78, 5) is 19.4. The lowest BCUT2D eigenvalue weighted by Crippen LogP contribution is -2.46. The molecule has 1 aliphatic heterocycles. The molecule has 1 aliphatic rings. The Morgan fingerprint density at radius 2 is 1.94 bits per heavy atom. The van der Waals surface area contributed by atoms with Crippen molar-refractivity contribution in [2.45, 2.75) is 38.5 Å². The van der Waals surface area contributed by atoms with E-state index in [-0.39, 0.29) is 5.91 Å². The second-order valence-electron chi connectivity index (χ2n) is 8.08. The molecule has 1 saturated heterocycles. The van der Waals surface area contributed by atoms with Crippen molar-refractivity contribution < 1.29 is 9.53 Å². The summed E-state index contributed by atoms with van der Waals surface area (Å²) in [7, 11) is 1.94. The average Bonchev–Trinajstić information content (AvgIpc) is 3.22. The summed E-state index contributed by atoms with van der Waals surface area (Å²) in [5.41, 5.74) is 1.97. The minimum Gasteiger partial charge on any atom is -0.486 e. The summed E-state index contributed by atoms with van der Waals surface area (Å²) in [6.45, 7) is 3.08. The zero-order valence-corrected chi connectivity index (χ0v) is 18.0. The minimum atomic E-state index is -0.0408. The number of aromatic nitrogens is 2. The standard InChI is InChI=1S/C25H30N4O2/c1-28-16-14-26-24(28)19-31-23-12-10-21(11-13-23)25(30)27-17-22-9-5-6-15-29(22)18-20-7-3-2-4-8-20/h2-4,7-8,10-14,16,22H,5-6,9,15,17-19H2,1H3,(H,27,30). The first-order chi connectivity index (χ1) is 15.2. The van der Waals surface area contributed by atoms with Crippen molar-refractivity contribution in [3.05, 3.63) is 83.9 Å². The molecule has 4 rings (SSSR count). The molecule has 3 aromatic rings. The van der Waals surface area contributed by atoms with E-state index in [1.165, 1.54) is 18.4 Å². The molecule has 1 aromatic heterocycles. The van der Waals surface area contributed by atoms with E-state index in [2.05, 4.69) is 39.5 Å². The third-order valence-corrected chi connectivity index (χ3v) is 5.88. The SMILES string of the molecule is Cn1ccnc1COc1ccc(C(=O)NCC2CCCCN2Cc2ccccc2)cc1. The van der Waals surface area contributed by atoms with Crippen molar-refractivity contribution in [1.29, 1.82) is 0 Å². The smallest absolute Gasteiger partial charge is 0.251 e. The van der Waals surface area contributed by atoms with Crippen molar-refractivity contribution in [3.63, 3.8) is 0 Å². The van der Waals surface area contributed by atoms with Gasteiger partial charge in [0.2, 0.25) is 0 Å². The fraction of sp³-hybridized carbons (Fsp3) is 0.360. The summed E-state index contributed by atoms with van der Waals surface area (Å²) in [6.07, 6.45) is 7.19. The number of aryl methyl sites for hydroxylation is 1. The van der Waals surface area contributed by atoms with Crippen LogP contribution in [0, 0.1) is 0 Å². The number of ether oxygens (including phenoxy) is 1. The van der Waals surface area contributed by atoms with Crippen molar-refractivity contribution in [3.8, 4) is 5.75 Å². The Balaban J connectivity index is 1.28. The van der Waals surface area contributed by atoms with Gasteiger partial charge in [-0.15, -0.1) is 0 Å². The molecule has 0 saturated carbocycles. The highest BCUT2D eigenvalue weighted by molar-refractivity contribution is 5.94. The predicted octanol–water partition coefficient (Wildman–Crippen LogP) is 3.78. The monoisotopic (exact) mass is 418 g/mol. The van der Waals surface area contributed by atoms with Gasteiger partial charge < -0.3 is 14.6 Å². The van der Waals surface area contributed by atoms with E-state index in [9.17, 15) is 4.79 Å². The van der Waals surface area contributed by atoms with Crippen LogP contribution in [0.2, 0.25) is 0 Å². The Bertz CT molecular complexity index is 969. The first kappa shape index (κ1) is 21.1. The molecule has 2 heterocycles. The van der Waals surface area contributed by atoms with E-state index >= 15 is 0 Å². The molecule has 1 fully saturated rings. The summed E-state index contributed by atoms with van der Waals surface area (Å²) in [5.74, 6) is 1.54. The van der Waals surface area contributed by atoms with Gasteiger partial charge in [0, 0.05) is 44.1 Å². The maximum absolute atomic E-state index is 12.7. The van der Waals surface area contributed by atoms with Crippen LogP contribution in [0.3, 0.4) is 0 Å². The van der Waals surface area contributed by atoms with Gasteiger partial charge in [0.15, 0.2) is 0 Å². The van der Waals surface area contributed by atoms with Crippen molar-refractivity contribution in [2.75, 3.05) is 13.1 Å². The number of piperidine rings is 1. The van der Waals surface area contributed by atoms with Crippen LogP contribution < -0.4 is 10.1 Å². The lowest BCUT2D eigenvalue weighted by Gasteiger charge is -2.35. The molecule has 0 radical (unpaired) electrons. The Hall–Kier alpha value is -3.12. The number of hydrogen-bond donors (Lipinski definition) is 1. The van der Waals surface area contributed by atoms with Crippen LogP contribution >= 0.6 is 0 Å². The van der Waals surface area contributed by atoms with Gasteiger partial charge >= 0.3 is 0 Å². The maximum atomic E-state index is 12.7. The second-order valence-corrected chi connectivity index (χ2v) is 8.08. The largest absolute Gasteiger partial charge is 0.486 e. The number of nitrogens with zero attached hydrogens (tertiary/aromatic N) is 3. The van der Waals surface area contributed by atoms with Gasteiger partial charge in [-0.1, -0.05) is 36.8 Å². The van der Waals surface area contributed by atoms with Gasteiger partial charge in [0.25, 0.3) is 5.91 Å². The highest BCUT2D eigenvalue weighted by Crippen LogP contribution is 2.20. The van der Waals surface area contributed by atoms with Crippen LogP contribution in [-0.4, -0.2) is 39.5 Å². The maximum Gasteiger partial charge on any atom is 0.251 e. The predicted molar refractivity (Wildman–Crippen MR) is 121 cm³/mol. The summed E-state index contributed by atoms with van der Waals surface area (Å²) >= 11 is 0. The Morgan fingerprint density at radius 3 is 2.68 bits per heavy atom. The van der Waals surface area contributed by atoms with E-state index < -0.39 is 0 Å². The van der Waals surface area contributed by atoms with Gasteiger partial charge in [-0.25, -0.2) is 4.98 Å².